The van der Waals surface area contributed by atoms with Gasteiger partial charge in [-0.05, 0) is 61.4 Å². The van der Waals surface area contributed by atoms with E-state index in [9.17, 15) is 13.2 Å². The highest BCUT2D eigenvalue weighted by Crippen LogP contribution is 2.15. The molecule has 0 saturated carbocycles. The monoisotopic (exact) mass is 396 g/mol. The Labute approximate surface area is 158 Å². The van der Waals surface area contributed by atoms with Crippen molar-refractivity contribution in [2.24, 2.45) is 0 Å². The average molecular weight is 397 g/mol. The van der Waals surface area contributed by atoms with Gasteiger partial charge in [-0.2, -0.15) is 0 Å². The molecule has 0 radical (unpaired) electrons. The zero-order valence-electron chi connectivity index (χ0n) is 14.6. The minimum Gasteiger partial charge on any atom is -0.484 e. The number of nitrogens with one attached hydrogen (secondary N) is 2. The quantitative estimate of drug-likeness (QED) is 0.671. The van der Waals surface area contributed by atoms with E-state index in [1.165, 1.54) is 0 Å². The van der Waals surface area contributed by atoms with Crippen molar-refractivity contribution in [2.45, 2.75) is 18.7 Å². The highest BCUT2D eigenvalue weighted by Gasteiger charge is 2.14. The molecule has 0 unspecified atom stereocenters. The number of amides is 1. The molecule has 0 bridgehead atoms. The minimum absolute atomic E-state index is 0.0853. The van der Waals surface area contributed by atoms with E-state index >= 15 is 0 Å². The summed E-state index contributed by atoms with van der Waals surface area (Å²) in [5, 5.41) is 3.17. The number of rotatable bonds is 8. The molecule has 2 aromatic rings. The van der Waals surface area contributed by atoms with Gasteiger partial charge in [0.1, 0.15) is 5.75 Å². The molecule has 6 nitrogen and oxygen atoms in total. The fourth-order valence-corrected chi connectivity index (χ4v) is 3.33. The van der Waals surface area contributed by atoms with Gasteiger partial charge in [-0.25, -0.2) is 13.1 Å². The maximum atomic E-state index is 12.2. The molecule has 0 atom stereocenters. The summed E-state index contributed by atoms with van der Waals surface area (Å²) < 4.78 is 32.2. The molecule has 0 spiro atoms. The van der Waals surface area contributed by atoms with Crippen molar-refractivity contribution in [1.29, 1.82) is 0 Å². The molecule has 0 aromatic heterocycles. The number of carbonyl (C=O) groups excluding carboxylic acids is 1. The van der Waals surface area contributed by atoms with E-state index in [0.717, 1.165) is 11.1 Å². The van der Waals surface area contributed by atoms with E-state index in [0.29, 0.717) is 10.8 Å². The van der Waals surface area contributed by atoms with Crippen molar-refractivity contribution in [3.05, 3.63) is 58.6 Å². The first-order chi connectivity index (χ1) is 12.3. The van der Waals surface area contributed by atoms with Crippen LogP contribution in [0.3, 0.4) is 0 Å². The van der Waals surface area contributed by atoms with Crippen molar-refractivity contribution in [1.82, 2.24) is 10.0 Å². The van der Waals surface area contributed by atoms with Crippen molar-refractivity contribution < 1.29 is 17.9 Å². The lowest BCUT2D eigenvalue weighted by Gasteiger charge is -2.10. The lowest BCUT2D eigenvalue weighted by atomic mass is 10.1. The molecule has 0 aliphatic heterocycles. The number of carbonyl (C=O) groups is 1. The second-order valence-corrected chi connectivity index (χ2v) is 7.94. The molecule has 0 saturated heterocycles. The van der Waals surface area contributed by atoms with Crippen LogP contribution < -0.4 is 14.8 Å². The lowest BCUT2D eigenvalue weighted by molar-refractivity contribution is -0.123. The minimum atomic E-state index is -3.60. The molecule has 0 aliphatic rings. The van der Waals surface area contributed by atoms with Crippen LogP contribution in [0.25, 0.3) is 0 Å². The topological polar surface area (TPSA) is 84.5 Å². The summed E-state index contributed by atoms with van der Waals surface area (Å²) in [7, 11) is -3.60. The second kappa shape index (κ2) is 9.02. The van der Waals surface area contributed by atoms with E-state index in [-0.39, 0.29) is 30.5 Å². The van der Waals surface area contributed by atoms with Crippen molar-refractivity contribution >= 4 is 27.5 Å². The number of halogens is 1. The molecule has 1 amide bonds. The highest BCUT2D eigenvalue weighted by molar-refractivity contribution is 7.89. The lowest BCUT2D eigenvalue weighted by Crippen LogP contribution is -2.36. The fraction of sp³-hybridized carbons (Fsp3) is 0.278. The van der Waals surface area contributed by atoms with Gasteiger partial charge in [0.05, 0.1) is 4.90 Å². The van der Waals surface area contributed by atoms with Gasteiger partial charge >= 0.3 is 0 Å². The maximum absolute atomic E-state index is 12.2. The normalized spacial score (nSPS) is 11.2. The number of hydrogen-bond donors (Lipinski definition) is 2. The van der Waals surface area contributed by atoms with Gasteiger partial charge < -0.3 is 10.1 Å². The standard InChI is InChI=1S/C18H21ClN2O4S/c1-13-3-8-17(11-14(13)2)26(23,24)21-10-9-20-18(22)12-25-16-6-4-15(19)5-7-16/h3-8,11,21H,9-10,12H2,1-2H3,(H,20,22). The third-order valence-electron chi connectivity index (χ3n) is 3.71. The van der Waals surface area contributed by atoms with E-state index in [4.69, 9.17) is 16.3 Å². The van der Waals surface area contributed by atoms with E-state index in [2.05, 4.69) is 10.0 Å². The van der Waals surface area contributed by atoms with Gasteiger partial charge in [-0.1, -0.05) is 17.7 Å². The number of aryl methyl sites for hydroxylation is 2. The van der Waals surface area contributed by atoms with Crippen LogP contribution in [0.2, 0.25) is 5.02 Å². The summed E-state index contributed by atoms with van der Waals surface area (Å²) in [6.07, 6.45) is 0. The van der Waals surface area contributed by atoms with Crippen LogP contribution in [-0.4, -0.2) is 34.0 Å². The number of sulfonamides is 1. The SMILES string of the molecule is Cc1ccc(S(=O)(=O)NCCNC(=O)COc2ccc(Cl)cc2)cc1C. The number of ether oxygens (including phenoxy) is 1. The Kier molecular flexibility index (Phi) is 7.02. The van der Waals surface area contributed by atoms with Gasteiger partial charge in [0, 0.05) is 18.1 Å². The average Bonchev–Trinajstić information content (AvgIpc) is 2.60. The van der Waals surface area contributed by atoms with Crippen LogP contribution in [-0.2, 0) is 14.8 Å². The molecule has 140 valence electrons. The van der Waals surface area contributed by atoms with E-state index in [1.54, 1.807) is 42.5 Å². The first-order valence-corrected chi connectivity index (χ1v) is 9.86. The van der Waals surface area contributed by atoms with Crippen LogP contribution >= 0.6 is 11.6 Å². The molecule has 0 aliphatic carbocycles. The smallest absolute Gasteiger partial charge is 0.257 e. The summed E-state index contributed by atoms with van der Waals surface area (Å²) >= 11 is 5.77. The van der Waals surface area contributed by atoms with E-state index < -0.39 is 10.0 Å². The van der Waals surface area contributed by atoms with E-state index in [1.807, 2.05) is 13.8 Å². The summed E-state index contributed by atoms with van der Waals surface area (Å²) in [6, 6.07) is 11.6. The highest BCUT2D eigenvalue weighted by atomic mass is 35.5. The molecular formula is C18H21ClN2O4S. The van der Waals surface area contributed by atoms with Crippen LogP contribution in [0.1, 0.15) is 11.1 Å². The maximum Gasteiger partial charge on any atom is 0.257 e. The summed E-state index contributed by atoms with van der Waals surface area (Å²) in [5.41, 5.74) is 1.93. The molecule has 2 aromatic carbocycles. The molecule has 0 heterocycles. The Morgan fingerprint density at radius 2 is 1.73 bits per heavy atom. The molecule has 2 N–H and O–H groups in total. The van der Waals surface area contributed by atoms with Crippen molar-refractivity contribution in [2.75, 3.05) is 19.7 Å². The predicted molar refractivity (Wildman–Crippen MR) is 101 cm³/mol. The third kappa shape index (κ3) is 6.01. The van der Waals surface area contributed by atoms with Crippen LogP contribution in [0.15, 0.2) is 47.4 Å². The Morgan fingerprint density at radius 3 is 2.38 bits per heavy atom. The fourth-order valence-electron chi connectivity index (χ4n) is 2.08. The molecule has 2 rings (SSSR count). The van der Waals surface area contributed by atoms with Gasteiger partial charge in [0.15, 0.2) is 6.61 Å². The van der Waals surface area contributed by atoms with Gasteiger partial charge in [-0.3, -0.25) is 4.79 Å². The molecular weight excluding hydrogens is 376 g/mol. The van der Waals surface area contributed by atoms with Crippen molar-refractivity contribution in [3.8, 4) is 5.75 Å². The molecule has 26 heavy (non-hydrogen) atoms. The Bertz CT molecular complexity index is 867. The van der Waals surface area contributed by atoms with Gasteiger partial charge in [0.2, 0.25) is 10.0 Å². The van der Waals surface area contributed by atoms with Gasteiger partial charge in [0.25, 0.3) is 5.91 Å². The Balaban J connectivity index is 1.74. The summed E-state index contributed by atoms with van der Waals surface area (Å²) in [6.45, 7) is 3.86. The zero-order chi connectivity index (χ0) is 19.2. The number of benzene rings is 2. The van der Waals surface area contributed by atoms with Crippen LogP contribution in [0, 0.1) is 13.8 Å². The molecule has 8 heteroatoms. The first kappa shape index (κ1) is 20.2. The van der Waals surface area contributed by atoms with Crippen LogP contribution in [0.5, 0.6) is 5.75 Å². The van der Waals surface area contributed by atoms with Crippen molar-refractivity contribution in [3.63, 3.8) is 0 Å². The number of hydrogen-bond acceptors (Lipinski definition) is 4. The summed E-state index contributed by atoms with van der Waals surface area (Å²) in [4.78, 5) is 11.9. The first-order valence-electron chi connectivity index (χ1n) is 8.00. The Hall–Kier alpha value is -2.09. The largest absolute Gasteiger partial charge is 0.484 e. The third-order valence-corrected chi connectivity index (χ3v) is 5.42. The van der Waals surface area contributed by atoms with Crippen LogP contribution in [0.4, 0.5) is 0 Å². The zero-order valence-corrected chi connectivity index (χ0v) is 16.2. The second-order valence-electron chi connectivity index (χ2n) is 5.74. The summed E-state index contributed by atoms with van der Waals surface area (Å²) in [5.74, 6) is 0.185. The van der Waals surface area contributed by atoms with Gasteiger partial charge in [-0.15, -0.1) is 0 Å². The molecule has 0 fully saturated rings. The Morgan fingerprint density at radius 1 is 1.04 bits per heavy atom. The predicted octanol–water partition coefficient (Wildman–Crippen LogP) is 2.43.